The number of hydrogen-bond acceptors (Lipinski definition) is 2. The van der Waals surface area contributed by atoms with E-state index in [1.54, 1.807) is 0 Å². The minimum Gasteiger partial charge on any atom is -0.299 e. The maximum Gasteiger partial charge on any atom is 0.144 e. The topological polar surface area (TPSA) is 34.1 Å². The fourth-order valence-corrected chi connectivity index (χ4v) is 2.34. The number of carbonyl (C=O) groups excluding carboxylic acids is 2. The van der Waals surface area contributed by atoms with Crippen molar-refractivity contribution in [1.82, 2.24) is 0 Å². The smallest absolute Gasteiger partial charge is 0.144 e. The molecule has 2 rings (SSSR count). The predicted octanol–water partition coefficient (Wildman–Crippen LogP) is 1.33. The Balaban J connectivity index is 2.19. The van der Waals surface area contributed by atoms with E-state index in [4.69, 9.17) is 0 Å². The Morgan fingerprint density at radius 1 is 0.909 bits per heavy atom. The molecule has 2 nitrogen and oxygen atoms in total. The quantitative estimate of drug-likeness (QED) is 0.491. The van der Waals surface area contributed by atoms with Gasteiger partial charge < -0.3 is 0 Å². The Labute approximate surface area is 66.0 Å². The number of ketones is 2. The summed E-state index contributed by atoms with van der Waals surface area (Å²) in [4.78, 5) is 22.4. The van der Waals surface area contributed by atoms with E-state index in [-0.39, 0.29) is 29.8 Å². The Hall–Kier alpha value is -0.660. The summed E-state index contributed by atoms with van der Waals surface area (Å²) < 4.78 is 0. The van der Waals surface area contributed by atoms with Gasteiger partial charge in [-0.25, -0.2) is 0 Å². The molecule has 0 amide bonds. The van der Waals surface area contributed by atoms with Crippen molar-refractivity contribution >= 4 is 11.6 Å². The average Bonchev–Trinajstić information content (AvgIpc) is 2.30. The van der Waals surface area contributed by atoms with Crippen LogP contribution >= 0.6 is 0 Å². The lowest BCUT2D eigenvalue weighted by Crippen LogP contribution is -2.21. The molecule has 0 N–H and O–H groups in total. The SMILES string of the molecule is O=C1CC(=O)[C@@H]2CCCC[C@H]12. The van der Waals surface area contributed by atoms with Gasteiger partial charge in [-0.1, -0.05) is 12.8 Å². The maximum absolute atomic E-state index is 11.2. The standard InChI is InChI=1S/C9H12O2/c10-8-5-9(11)7-4-2-1-3-6(7)8/h6-7H,1-5H2/t6-,7+. The van der Waals surface area contributed by atoms with E-state index >= 15 is 0 Å². The average molecular weight is 152 g/mol. The molecule has 0 radical (unpaired) electrons. The van der Waals surface area contributed by atoms with Crippen LogP contribution in [-0.4, -0.2) is 11.6 Å². The third-order valence-electron chi connectivity index (χ3n) is 2.94. The highest BCUT2D eigenvalue weighted by atomic mass is 16.2. The summed E-state index contributed by atoms with van der Waals surface area (Å²) in [7, 11) is 0. The zero-order valence-corrected chi connectivity index (χ0v) is 6.51. The van der Waals surface area contributed by atoms with Crippen molar-refractivity contribution in [2.24, 2.45) is 11.8 Å². The zero-order chi connectivity index (χ0) is 7.84. The highest BCUT2D eigenvalue weighted by Crippen LogP contribution is 2.37. The molecule has 2 fully saturated rings. The van der Waals surface area contributed by atoms with Crippen LogP contribution < -0.4 is 0 Å². The Morgan fingerprint density at radius 3 is 1.82 bits per heavy atom. The van der Waals surface area contributed by atoms with E-state index in [9.17, 15) is 9.59 Å². The molecule has 0 aromatic rings. The summed E-state index contributed by atoms with van der Waals surface area (Å²) in [5.41, 5.74) is 0. The number of fused-ring (bicyclic) bond motifs is 1. The molecule has 2 atom stereocenters. The molecular formula is C9H12O2. The molecule has 0 heterocycles. The summed E-state index contributed by atoms with van der Waals surface area (Å²) >= 11 is 0. The Morgan fingerprint density at radius 2 is 1.36 bits per heavy atom. The monoisotopic (exact) mass is 152 g/mol. The largest absolute Gasteiger partial charge is 0.299 e. The van der Waals surface area contributed by atoms with Gasteiger partial charge in [0.15, 0.2) is 0 Å². The van der Waals surface area contributed by atoms with E-state index < -0.39 is 0 Å². The molecular weight excluding hydrogens is 140 g/mol. The van der Waals surface area contributed by atoms with Crippen molar-refractivity contribution in [2.75, 3.05) is 0 Å². The highest BCUT2D eigenvalue weighted by molar-refractivity contribution is 6.08. The molecule has 2 heteroatoms. The predicted molar refractivity (Wildman–Crippen MR) is 40.1 cm³/mol. The minimum absolute atomic E-state index is 0.122. The van der Waals surface area contributed by atoms with Gasteiger partial charge in [-0.3, -0.25) is 9.59 Å². The van der Waals surface area contributed by atoms with Gasteiger partial charge in [0, 0.05) is 11.8 Å². The lowest BCUT2D eigenvalue weighted by molar-refractivity contribution is -0.122. The van der Waals surface area contributed by atoms with E-state index in [0.717, 1.165) is 25.7 Å². The second kappa shape index (κ2) is 2.43. The summed E-state index contributed by atoms with van der Waals surface area (Å²) in [5, 5.41) is 0. The third kappa shape index (κ3) is 1.01. The number of hydrogen-bond donors (Lipinski definition) is 0. The van der Waals surface area contributed by atoms with Crippen LogP contribution in [0.25, 0.3) is 0 Å². The van der Waals surface area contributed by atoms with Crippen LogP contribution in [0.3, 0.4) is 0 Å². The van der Waals surface area contributed by atoms with Gasteiger partial charge in [0.1, 0.15) is 11.6 Å². The van der Waals surface area contributed by atoms with Crippen molar-refractivity contribution < 1.29 is 9.59 Å². The number of Topliss-reactive ketones (excluding diaryl/α,β-unsaturated/α-hetero) is 2. The molecule has 2 aliphatic carbocycles. The van der Waals surface area contributed by atoms with Crippen LogP contribution in [0.15, 0.2) is 0 Å². The van der Waals surface area contributed by atoms with Gasteiger partial charge in [-0.2, -0.15) is 0 Å². The van der Waals surface area contributed by atoms with Crippen LogP contribution in [-0.2, 0) is 9.59 Å². The minimum atomic E-state index is 0.122. The van der Waals surface area contributed by atoms with Crippen LogP contribution in [0.1, 0.15) is 32.1 Å². The summed E-state index contributed by atoms with van der Waals surface area (Å²) in [6.45, 7) is 0. The van der Waals surface area contributed by atoms with E-state index in [1.807, 2.05) is 0 Å². The van der Waals surface area contributed by atoms with E-state index in [1.165, 1.54) is 0 Å². The van der Waals surface area contributed by atoms with Crippen molar-refractivity contribution in [2.45, 2.75) is 32.1 Å². The van der Waals surface area contributed by atoms with Gasteiger partial charge in [0.2, 0.25) is 0 Å². The van der Waals surface area contributed by atoms with Crippen molar-refractivity contribution in [3.8, 4) is 0 Å². The molecule has 2 aliphatic rings. The Kier molecular flexibility index (Phi) is 1.55. The third-order valence-corrected chi connectivity index (χ3v) is 2.94. The molecule has 0 unspecified atom stereocenters. The lowest BCUT2D eigenvalue weighted by Gasteiger charge is -2.21. The number of rotatable bonds is 0. The van der Waals surface area contributed by atoms with Crippen LogP contribution in [0.5, 0.6) is 0 Å². The molecule has 0 aliphatic heterocycles. The first-order valence-electron chi connectivity index (χ1n) is 4.34. The molecule has 0 aromatic carbocycles. The second-order valence-electron chi connectivity index (χ2n) is 3.61. The summed E-state index contributed by atoms with van der Waals surface area (Å²) in [5.74, 6) is 0.659. The molecule has 0 bridgehead atoms. The molecule has 60 valence electrons. The van der Waals surface area contributed by atoms with E-state index in [2.05, 4.69) is 0 Å². The first kappa shape index (κ1) is 7.01. The fourth-order valence-electron chi connectivity index (χ4n) is 2.34. The van der Waals surface area contributed by atoms with Crippen molar-refractivity contribution in [3.05, 3.63) is 0 Å². The normalized spacial score (nSPS) is 37.5. The fraction of sp³-hybridized carbons (Fsp3) is 0.778. The van der Waals surface area contributed by atoms with Gasteiger partial charge in [0.05, 0.1) is 6.42 Å². The summed E-state index contributed by atoms with van der Waals surface area (Å²) in [6, 6.07) is 0. The van der Waals surface area contributed by atoms with Crippen molar-refractivity contribution in [3.63, 3.8) is 0 Å². The molecule has 2 saturated carbocycles. The first-order valence-corrected chi connectivity index (χ1v) is 4.34. The van der Waals surface area contributed by atoms with E-state index in [0.29, 0.717) is 0 Å². The molecule has 0 aromatic heterocycles. The second-order valence-corrected chi connectivity index (χ2v) is 3.61. The van der Waals surface area contributed by atoms with Crippen LogP contribution in [0, 0.1) is 11.8 Å². The maximum atomic E-state index is 11.2. The van der Waals surface area contributed by atoms with Gasteiger partial charge in [-0.15, -0.1) is 0 Å². The summed E-state index contributed by atoms with van der Waals surface area (Å²) in [6.07, 6.45) is 4.44. The van der Waals surface area contributed by atoms with Crippen LogP contribution in [0.2, 0.25) is 0 Å². The zero-order valence-electron chi connectivity index (χ0n) is 6.51. The van der Waals surface area contributed by atoms with Gasteiger partial charge in [-0.05, 0) is 12.8 Å². The van der Waals surface area contributed by atoms with Gasteiger partial charge in [0.25, 0.3) is 0 Å². The molecule has 0 spiro atoms. The first-order chi connectivity index (χ1) is 5.29. The molecule has 0 saturated heterocycles. The van der Waals surface area contributed by atoms with Gasteiger partial charge >= 0.3 is 0 Å². The Bertz CT molecular complexity index is 186. The molecule has 11 heavy (non-hydrogen) atoms. The number of carbonyl (C=O) groups is 2. The van der Waals surface area contributed by atoms with Crippen molar-refractivity contribution in [1.29, 1.82) is 0 Å². The highest BCUT2D eigenvalue weighted by Gasteiger charge is 2.41. The van der Waals surface area contributed by atoms with Crippen LogP contribution in [0.4, 0.5) is 0 Å². The lowest BCUT2D eigenvalue weighted by atomic mass is 9.81.